The molecule has 3 rings (SSSR count). The van der Waals surface area contributed by atoms with E-state index in [1.807, 2.05) is 24.3 Å². The molecule has 1 atom stereocenters. The van der Waals surface area contributed by atoms with E-state index in [0.717, 1.165) is 24.2 Å². The summed E-state index contributed by atoms with van der Waals surface area (Å²) in [4.78, 5) is 25.6. The summed E-state index contributed by atoms with van der Waals surface area (Å²) < 4.78 is 5.38. The Morgan fingerprint density at radius 3 is 2.62 bits per heavy atom. The first-order chi connectivity index (χ1) is 10.1. The maximum Gasteiger partial charge on any atom is 0.308 e. The zero-order valence-corrected chi connectivity index (χ0v) is 12.0. The van der Waals surface area contributed by atoms with Crippen molar-refractivity contribution in [1.29, 1.82) is 0 Å². The highest BCUT2D eigenvalue weighted by molar-refractivity contribution is 5.92. The van der Waals surface area contributed by atoms with Gasteiger partial charge in [-0.25, -0.2) is 0 Å². The first-order valence-corrected chi connectivity index (χ1v) is 7.24. The van der Waals surface area contributed by atoms with Crippen molar-refractivity contribution in [2.45, 2.75) is 24.7 Å². The molecule has 1 heterocycles. The summed E-state index contributed by atoms with van der Waals surface area (Å²) in [5, 5.41) is 9.07. The number of carbonyl (C=O) groups excluding carboxylic acids is 1. The fraction of sp³-hybridized carbons (Fsp3) is 0.500. The van der Waals surface area contributed by atoms with Crippen LogP contribution in [0.1, 0.15) is 24.8 Å². The topological polar surface area (TPSA) is 66.8 Å². The highest BCUT2D eigenvalue weighted by atomic mass is 16.5. The number of aliphatic carboxylic acids is 1. The first-order valence-electron chi connectivity index (χ1n) is 7.24. The molecule has 21 heavy (non-hydrogen) atoms. The van der Waals surface area contributed by atoms with E-state index in [1.165, 1.54) is 0 Å². The maximum absolute atomic E-state index is 12.8. The fourth-order valence-corrected chi connectivity index (χ4v) is 3.21. The largest absolute Gasteiger partial charge is 0.496 e. The molecule has 1 aliphatic carbocycles. The van der Waals surface area contributed by atoms with Gasteiger partial charge in [0.1, 0.15) is 5.75 Å². The van der Waals surface area contributed by atoms with Crippen LogP contribution in [-0.2, 0) is 15.0 Å². The number of ether oxygens (including phenoxy) is 1. The van der Waals surface area contributed by atoms with E-state index in [9.17, 15) is 9.59 Å². The van der Waals surface area contributed by atoms with Gasteiger partial charge in [0, 0.05) is 18.7 Å². The zero-order valence-electron chi connectivity index (χ0n) is 12.0. The van der Waals surface area contributed by atoms with Crippen LogP contribution < -0.4 is 4.74 Å². The lowest BCUT2D eigenvalue weighted by molar-refractivity contribution is -0.141. The second-order valence-corrected chi connectivity index (χ2v) is 5.86. The molecule has 1 aliphatic heterocycles. The average molecular weight is 289 g/mol. The molecule has 1 aromatic carbocycles. The van der Waals surface area contributed by atoms with Gasteiger partial charge in [0.05, 0.1) is 18.4 Å². The number of para-hydroxylation sites is 1. The van der Waals surface area contributed by atoms with Crippen molar-refractivity contribution < 1.29 is 19.4 Å². The molecule has 0 bridgehead atoms. The van der Waals surface area contributed by atoms with Crippen molar-refractivity contribution in [3.05, 3.63) is 29.8 Å². The van der Waals surface area contributed by atoms with Gasteiger partial charge in [-0.05, 0) is 25.3 Å². The van der Waals surface area contributed by atoms with Gasteiger partial charge in [-0.1, -0.05) is 18.2 Å². The van der Waals surface area contributed by atoms with Crippen LogP contribution in [0.3, 0.4) is 0 Å². The fourth-order valence-electron chi connectivity index (χ4n) is 3.21. The van der Waals surface area contributed by atoms with E-state index in [4.69, 9.17) is 9.84 Å². The molecule has 0 spiro atoms. The van der Waals surface area contributed by atoms with Crippen molar-refractivity contribution in [2.75, 3.05) is 20.2 Å². The normalized spacial score (nSPS) is 22.9. The molecule has 1 saturated carbocycles. The van der Waals surface area contributed by atoms with Crippen molar-refractivity contribution >= 4 is 11.9 Å². The van der Waals surface area contributed by atoms with E-state index >= 15 is 0 Å². The number of nitrogens with zero attached hydrogens (tertiary/aromatic N) is 1. The van der Waals surface area contributed by atoms with Gasteiger partial charge >= 0.3 is 5.97 Å². The number of hydrogen-bond acceptors (Lipinski definition) is 3. The smallest absolute Gasteiger partial charge is 0.308 e. The Hall–Kier alpha value is -2.04. The van der Waals surface area contributed by atoms with Crippen LogP contribution in [0.2, 0.25) is 0 Å². The van der Waals surface area contributed by atoms with E-state index in [1.54, 1.807) is 12.0 Å². The monoisotopic (exact) mass is 289 g/mol. The molecule has 5 nitrogen and oxygen atoms in total. The number of benzene rings is 1. The van der Waals surface area contributed by atoms with E-state index in [0.29, 0.717) is 19.5 Å². The minimum absolute atomic E-state index is 0.0516. The van der Waals surface area contributed by atoms with Gasteiger partial charge in [-0.3, -0.25) is 9.59 Å². The molecule has 2 aliphatic rings. The Morgan fingerprint density at radius 1 is 1.33 bits per heavy atom. The Balaban J connectivity index is 1.83. The van der Waals surface area contributed by atoms with Crippen LogP contribution in [0.5, 0.6) is 5.75 Å². The standard InChI is InChI=1S/C16H19NO4/c1-21-13-5-3-2-4-12(13)16(7-8-16)15(20)17-9-6-11(10-17)14(18)19/h2-5,11H,6-10H2,1H3,(H,18,19). The van der Waals surface area contributed by atoms with Crippen LogP contribution in [-0.4, -0.2) is 42.1 Å². The number of amides is 1. The van der Waals surface area contributed by atoms with E-state index in [2.05, 4.69) is 0 Å². The number of carbonyl (C=O) groups is 2. The quantitative estimate of drug-likeness (QED) is 0.915. The molecule has 1 unspecified atom stereocenters. The predicted molar refractivity (Wildman–Crippen MR) is 76.2 cm³/mol. The summed E-state index contributed by atoms with van der Waals surface area (Å²) in [6.45, 7) is 0.859. The third kappa shape index (κ3) is 2.26. The molecule has 1 amide bonds. The molecule has 1 saturated heterocycles. The summed E-state index contributed by atoms with van der Waals surface area (Å²) in [6.07, 6.45) is 2.16. The second-order valence-electron chi connectivity index (χ2n) is 5.86. The SMILES string of the molecule is COc1ccccc1C1(C(=O)N2CCC(C(=O)O)C2)CC1. The number of likely N-dealkylation sites (tertiary alicyclic amines) is 1. The second kappa shape index (κ2) is 5.06. The van der Waals surface area contributed by atoms with Crippen molar-refractivity contribution in [2.24, 2.45) is 5.92 Å². The van der Waals surface area contributed by atoms with Crippen LogP contribution >= 0.6 is 0 Å². The minimum Gasteiger partial charge on any atom is -0.496 e. The van der Waals surface area contributed by atoms with E-state index < -0.39 is 17.3 Å². The third-order valence-electron chi connectivity index (χ3n) is 4.61. The third-order valence-corrected chi connectivity index (χ3v) is 4.61. The molecule has 112 valence electrons. The number of rotatable bonds is 4. The van der Waals surface area contributed by atoms with Gasteiger partial charge < -0.3 is 14.7 Å². The van der Waals surface area contributed by atoms with Gasteiger partial charge in [-0.2, -0.15) is 0 Å². The van der Waals surface area contributed by atoms with Gasteiger partial charge in [0.2, 0.25) is 5.91 Å². The van der Waals surface area contributed by atoms with Gasteiger partial charge in [0.15, 0.2) is 0 Å². The molecule has 5 heteroatoms. The van der Waals surface area contributed by atoms with Crippen LogP contribution in [0.4, 0.5) is 0 Å². The highest BCUT2D eigenvalue weighted by Crippen LogP contribution is 2.52. The number of hydrogen-bond donors (Lipinski definition) is 1. The summed E-state index contributed by atoms with van der Waals surface area (Å²) >= 11 is 0. The Labute approximate surface area is 123 Å². The Bertz CT molecular complexity index is 579. The highest BCUT2D eigenvalue weighted by Gasteiger charge is 2.55. The van der Waals surface area contributed by atoms with Crippen LogP contribution in [0.15, 0.2) is 24.3 Å². The number of methoxy groups -OCH3 is 1. The molecule has 1 aromatic rings. The van der Waals surface area contributed by atoms with Crippen LogP contribution in [0.25, 0.3) is 0 Å². The first kappa shape index (κ1) is 13.9. The maximum atomic E-state index is 12.8. The van der Waals surface area contributed by atoms with Gasteiger partial charge in [-0.15, -0.1) is 0 Å². The summed E-state index contributed by atoms with van der Waals surface area (Å²) in [6, 6.07) is 7.61. The summed E-state index contributed by atoms with van der Waals surface area (Å²) in [5.41, 5.74) is 0.427. The summed E-state index contributed by atoms with van der Waals surface area (Å²) in [7, 11) is 1.61. The average Bonchev–Trinajstić information content (AvgIpc) is 3.15. The minimum atomic E-state index is -0.813. The lowest BCUT2D eigenvalue weighted by atomic mass is 9.93. The lowest BCUT2D eigenvalue weighted by Crippen LogP contribution is -2.38. The molecular weight excluding hydrogens is 270 g/mol. The molecule has 1 N–H and O–H groups in total. The zero-order chi connectivity index (χ0) is 15.0. The lowest BCUT2D eigenvalue weighted by Gasteiger charge is -2.24. The molecule has 0 aromatic heterocycles. The molecule has 2 fully saturated rings. The van der Waals surface area contributed by atoms with Crippen LogP contribution in [0, 0.1) is 5.92 Å². The van der Waals surface area contributed by atoms with Crippen molar-refractivity contribution in [1.82, 2.24) is 4.90 Å². The van der Waals surface area contributed by atoms with E-state index in [-0.39, 0.29) is 5.91 Å². The Morgan fingerprint density at radius 2 is 2.05 bits per heavy atom. The molecule has 0 radical (unpaired) electrons. The van der Waals surface area contributed by atoms with Crippen molar-refractivity contribution in [3.8, 4) is 5.75 Å². The molecular formula is C16H19NO4. The number of carboxylic acid groups (broad SMARTS) is 1. The Kier molecular flexibility index (Phi) is 3.35. The predicted octanol–water partition coefficient (Wildman–Crippen LogP) is 1.66. The van der Waals surface area contributed by atoms with Crippen molar-refractivity contribution in [3.63, 3.8) is 0 Å². The summed E-state index contributed by atoms with van der Waals surface area (Å²) in [5.74, 6) is -0.456. The van der Waals surface area contributed by atoms with Gasteiger partial charge in [0.25, 0.3) is 0 Å². The number of carboxylic acids is 1.